The third-order valence-corrected chi connectivity index (χ3v) is 5.94. The van der Waals surface area contributed by atoms with Gasteiger partial charge in [-0.15, -0.1) is 0 Å². The highest BCUT2D eigenvalue weighted by Gasteiger charge is 2.27. The fourth-order valence-electron chi connectivity index (χ4n) is 4.09. The summed E-state index contributed by atoms with van der Waals surface area (Å²) in [6, 6.07) is 9.98. The summed E-state index contributed by atoms with van der Waals surface area (Å²) >= 11 is 0. The first-order valence-electron chi connectivity index (χ1n) is 11.6. The Hall–Kier alpha value is -3.14. The highest BCUT2D eigenvalue weighted by atomic mass is 16.5. The van der Waals surface area contributed by atoms with Gasteiger partial charge in [0.2, 0.25) is 5.91 Å². The number of carbonyl (C=O) groups is 2. The molecule has 1 unspecified atom stereocenters. The first-order chi connectivity index (χ1) is 17.0. The van der Waals surface area contributed by atoms with E-state index in [0.717, 1.165) is 35.2 Å². The molecule has 35 heavy (non-hydrogen) atoms. The lowest BCUT2D eigenvalue weighted by Gasteiger charge is -2.18. The number of methoxy groups -OCH3 is 3. The van der Waals surface area contributed by atoms with E-state index in [2.05, 4.69) is 10.6 Å². The molecule has 9 nitrogen and oxygen atoms in total. The predicted octanol–water partition coefficient (Wildman–Crippen LogP) is 2.40. The van der Waals surface area contributed by atoms with Gasteiger partial charge in [-0.3, -0.25) is 4.79 Å². The summed E-state index contributed by atoms with van der Waals surface area (Å²) in [6.45, 7) is 2.17. The van der Waals surface area contributed by atoms with Crippen molar-refractivity contribution in [2.24, 2.45) is 0 Å². The van der Waals surface area contributed by atoms with Crippen molar-refractivity contribution in [3.8, 4) is 22.6 Å². The van der Waals surface area contributed by atoms with Crippen molar-refractivity contribution in [2.75, 3.05) is 41.1 Å². The summed E-state index contributed by atoms with van der Waals surface area (Å²) in [5, 5.41) is 15.4. The molecule has 0 spiro atoms. The zero-order chi connectivity index (χ0) is 25.2. The average molecular weight is 487 g/mol. The Balaban J connectivity index is 1.75. The van der Waals surface area contributed by atoms with E-state index < -0.39 is 12.0 Å². The van der Waals surface area contributed by atoms with Crippen molar-refractivity contribution < 1.29 is 33.6 Å². The van der Waals surface area contributed by atoms with Gasteiger partial charge in [0, 0.05) is 13.5 Å². The molecule has 2 aromatic rings. The Morgan fingerprint density at radius 3 is 2.29 bits per heavy atom. The van der Waals surface area contributed by atoms with Gasteiger partial charge in [-0.25, -0.2) is 4.79 Å². The van der Waals surface area contributed by atoms with Crippen molar-refractivity contribution in [3.63, 3.8) is 0 Å². The zero-order valence-electron chi connectivity index (χ0n) is 20.5. The lowest BCUT2D eigenvalue weighted by atomic mass is 9.98. The summed E-state index contributed by atoms with van der Waals surface area (Å²) in [5.41, 5.74) is 3.35. The standard InChI is InChI=1S/C26H34N2O7/c1-32-11-12-35-16-18-14-22(33-2)24(23(15-18)34-3)19-8-6-17(7-9-19)13-21(26(30)31)28-25(29)20-5-4-10-27-20/h6-9,14-15,20-21,27H,4-5,10-13,16H2,1-3H3,(H,28,29)(H,30,31)/t20-,21?/m0/s1. The fraction of sp³-hybridized carbons (Fsp3) is 0.462. The Morgan fingerprint density at radius 2 is 1.74 bits per heavy atom. The summed E-state index contributed by atoms with van der Waals surface area (Å²) in [7, 11) is 4.82. The Kier molecular flexibility index (Phi) is 9.89. The Morgan fingerprint density at radius 1 is 1.06 bits per heavy atom. The summed E-state index contributed by atoms with van der Waals surface area (Å²) < 4.78 is 21.9. The SMILES string of the molecule is COCCOCc1cc(OC)c(-c2ccc(CC(NC(=O)[C@@H]3CCCN3)C(=O)O)cc2)c(OC)c1. The maximum atomic E-state index is 12.4. The molecule has 1 heterocycles. The molecule has 0 bridgehead atoms. The van der Waals surface area contributed by atoms with E-state index in [9.17, 15) is 14.7 Å². The van der Waals surface area contributed by atoms with Crippen LogP contribution in [0.4, 0.5) is 0 Å². The molecular weight excluding hydrogens is 452 g/mol. The lowest BCUT2D eigenvalue weighted by Crippen LogP contribution is -2.49. The molecular formula is C26H34N2O7. The van der Waals surface area contributed by atoms with Gasteiger partial charge in [0.05, 0.1) is 45.6 Å². The van der Waals surface area contributed by atoms with Crippen LogP contribution in [-0.2, 0) is 32.1 Å². The smallest absolute Gasteiger partial charge is 0.326 e. The van der Waals surface area contributed by atoms with Crippen molar-refractivity contribution in [1.29, 1.82) is 0 Å². The highest BCUT2D eigenvalue weighted by Crippen LogP contribution is 2.40. The number of rotatable bonds is 13. The number of nitrogens with one attached hydrogen (secondary N) is 2. The van der Waals surface area contributed by atoms with Crippen LogP contribution in [0.3, 0.4) is 0 Å². The number of ether oxygens (including phenoxy) is 4. The molecule has 0 saturated carbocycles. The van der Waals surface area contributed by atoms with Gasteiger partial charge in [-0.1, -0.05) is 24.3 Å². The molecule has 9 heteroatoms. The number of benzene rings is 2. The summed E-state index contributed by atoms with van der Waals surface area (Å²) in [5.74, 6) is -0.0521. The molecule has 3 rings (SSSR count). The van der Waals surface area contributed by atoms with Gasteiger partial charge in [0.1, 0.15) is 17.5 Å². The summed E-state index contributed by atoms with van der Waals surface area (Å²) in [4.78, 5) is 24.1. The second-order valence-electron chi connectivity index (χ2n) is 8.37. The normalized spacial score (nSPS) is 16.0. The largest absolute Gasteiger partial charge is 0.496 e. The number of amides is 1. The molecule has 1 aliphatic heterocycles. The Labute approximate surface area is 205 Å². The van der Waals surface area contributed by atoms with Crippen LogP contribution in [0, 0.1) is 0 Å². The number of carbonyl (C=O) groups excluding carboxylic acids is 1. The van der Waals surface area contributed by atoms with Gasteiger partial charge in [-0.2, -0.15) is 0 Å². The van der Waals surface area contributed by atoms with Crippen molar-refractivity contribution >= 4 is 11.9 Å². The van der Waals surface area contributed by atoms with Gasteiger partial charge < -0.3 is 34.7 Å². The maximum absolute atomic E-state index is 12.4. The number of aliphatic carboxylic acids is 1. The van der Waals surface area contributed by atoms with Gasteiger partial charge in [-0.05, 0) is 48.2 Å². The number of carboxylic acid groups (broad SMARTS) is 1. The quantitative estimate of drug-likeness (QED) is 0.370. The topological polar surface area (TPSA) is 115 Å². The lowest BCUT2D eigenvalue weighted by molar-refractivity contribution is -0.142. The van der Waals surface area contributed by atoms with E-state index >= 15 is 0 Å². The minimum atomic E-state index is -1.06. The number of carboxylic acids is 1. The summed E-state index contributed by atoms with van der Waals surface area (Å²) in [6.07, 6.45) is 1.81. The fourth-order valence-corrected chi connectivity index (χ4v) is 4.09. The van der Waals surface area contributed by atoms with Gasteiger partial charge in [0.25, 0.3) is 0 Å². The van der Waals surface area contributed by atoms with Crippen LogP contribution in [0.15, 0.2) is 36.4 Å². The first-order valence-corrected chi connectivity index (χ1v) is 11.6. The second-order valence-corrected chi connectivity index (χ2v) is 8.37. The molecule has 190 valence electrons. The molecule has 2 atom stereocenters. The van der Waals surface area contributed by atoms with Crippen LogP contribution in [0.25, 0.3) is 11.1 Å². The molecule has 0 aliphatic carbocycles. The van der Waals surface area contributed by atoms with Gasteiger partial charge >= 0.3 is 5.97 Å². The molecule has 1 aliphatic rings. The van der Waals surface area contributed by atoms with Crippen LogP contribution in [0.1, 0.15) is 24.0 Å². The minimum absolute atomic E-state index is 0.181. The van der Waals surface area contributed by atoms with E-state index in [-0.39, 0.29) is 18.4 Å². The zero-order valence-corrected chi connectivity index (χ0v) is 20.5. The van der Waals surface area contributed by atoms with E-state index in [0.29, 0.717) is 37.7 Å². The van der Waals surface area contributed by atoms with Gasteiger partial charge in [0.15, 0.2) is 0 Å². The Bertz CT molecular complexity index is 963. The molecule has 1 fully saturated rings. The minimum Gasteiger partial charge on any atom is -0.496 e. The molecule has 0 radical (unpaired) electrons. The number of hydrogen-bond donors (Lipinski definition) is 3. The number of hydrogen-bond acceptors (Lipinski definition) is 7. The molecule has 3 N–H and O–H groups in total. The highest BCUT2D eigenvalue weighted by molar-refractivity contribution is 5.87. The van der Waals surface area contributed by atoms with Crippen molar-refractivity contribution in [1.82, 2.24) is 10.6 Å². The molecule has 1 amide bonds. The third-order valence-electron chi connectivity index (χ3n) is 5.94. The third kappa shape index (κ3) is 7.17. The van der Waals surface area contributed by atoms with Crippen molar-refractivity contribution in [3.05, 3.63) is 47.5 Å². The van der Waals surface area contributed by atoms with E-state index in [1.807, 2.05) is 36.4 Å². The van der Waals surface area contributed by atoms with Crippen LogP contribution < -0.4 is 20.1 Å². The van der Waals surface area contributed by atoms with E-state index in [1.54, 1.807) is 21.3 Å². The molecule has 1 saturated heterocycles. The average Bonchev–Trinajstić information content (AvgIpc) is 3.41. The van der Waals surface area contributed by atoms with Crippen LogP contribution in [0.2, 0.25) is 0 Å². The maximum Gasteiger partial charge on any atom is 0.326 e. The van der Waals surface area contributed by atoms with E-state index in [1.165, 1.54) is 0 Å². The monoisotopic (exact) mass is 486 g/mol. The molecule has 0 aromatic heterocycles. The second kappa shape index (κ2) is 13.1. The van der Waals surface area contributed by atoms with E-state index in [4.69, 9.17) is 18.9 Å². The first kappa shape index (κ1) is 26.5. The van der Waals surface area contributed by atoms with Crippen LogP contribution >= 0.6 is 0 Å². The van der Waals surface area contributed by atoms with Crippen LogP contribution in [0.5, 0.6) is 11.5 Å². The van der Waals surface area contributed by atoms with Crippen molar-refractivity contribution in [2.45, 2.75) is 38.0 Å². The van der Waals surface area contributed by atoms with Crippen LogP contribution in [-0.4, -0.2) is 70.2 Å². The predicted molar refractivity (Wildman–Crippen MR) is 131 cm³/mol. The molecule has 2 aromatic carbocycles.